The first-order chi connectivity index (χ1) is 10.2. The third-order valence-corrected chi connectivity index (χ3v) is 3.61. The van der Waals surface area contributed by atoms with Gasteiger partial charge in [-0.3, -0.25) is 10.1 Å². The molecular formula is C16H28BNO4. The molecule has 0 atom stereocenters. The van der Waals surface area contributed by atoms with E-state index in [1.165, 1.54) is 12.1 Å². The van der Waals surface area contributed by atoms with Gasteiger partial charge in [-0.1, -0.05) is 39.8 Å². The van der Waals surface area contributed by atoms with Crippen LogP contribution in [0.4, 0.5) is 5.69 Å². The lowest BCUT2D eigenvalue weighted by Crippen LogP contribution is -2.41. The summed E-state index contributed by atoms with van der Waals surface area (Å²) in [4.78, 5) is 10.3. The summed E-state index contributed by atoms with van der Waals surface area (Å²) < 4.78 is 11.7. The third-order valence-electron chi connectivity index (χ3n) is 3.61. The van der Waals surface area contributed by atoms with Gasteiger partial charge in [-0.15, -0.1) is 0 Å². The Bertz CT molecular complexity index is 473. The lowest BCUT2D eigenvalue weighted by molar-refractivity contribution is -0.384. The number of non-ortho nitro benzene ring substituents is 1. The van der Waals surface area contributed by atoms with Crippen molar-refractivity contribution < 1.29 is 14.2 Å². The van der Waals surface area contributed by atoms with Gasteiger partial charge < -0.3 is 9.31 Å². The van der Waals surface area contributed by atoms with Gasteiger partial charge in [0, 0.05) is 12.1 Å². The molecule has 1 saturated heterocycles. The van der Waals surface area contributed by atoms with Crippen molar-refractivity contribution in [1.29, 1.82) is 0 Å². The van der Waals surface area contributed by atoms with E-state index >= 15 is 0 Å². The van der Waals surface area contributed by atoms with Crippen LogP contribution in [0.1, 0.15) is 55.4 Å². The number of hydrogen-bond acceptors (Lipinski definition) is 4. The molecule has 0 bridgehead atoms. The average Bonchev–Trinajstić information content (AvgIpc) is 2.72. The van der Waals surface area contributed by atoms with Crippen molar-refractivity contribution in [3.8, 4) is 0 Å². The lowest BCUT2D eigenvalue weighted by Gasteiger charge is -2.32. The van der Waals surface area contributed by atoms with E-state index < -0.39 is 23.2 Å². The van der Waals surface area contributed by atoms with Crippen LogP contribution in [0.25, 0.3) is 0 Å². The molecule has 0 saturated carbocycles. The molecule has 0 aliphatic carbocycles. The van der Waals surface area contributed by atoms with Crippen LogP contribution in [-0.4, -0.2) is 23.2 Å². The highest BCUT2D eigenvalue weighted by Gasteiger charge is 2.51. The van der Waals surface area contributed by atoms with Crippen molar-refractivity contribution in [3.05, 3.63) is 34.4 Å². The fraction of sp³-hybridized carbons (Fsp3) is 0.625. The summed E-state index contributed by atoms with van der Waals surface area (Å²) in [5.41, 5.74) is -0.171. The van der Waals surface area contributed by atoms with Crippen molar-refractivity contribution in [2.24, 2.45) is 0 Å². The fourth-order valence-corrected chi connectivity index (χ4v) is 1.76. The van der Waals surface area contributed by atoms with Crippen LogP contribution in [-0.2, 0) is 9.31 Å². The van der Waals surface area contributed by atoms with E-state index in [0.717, 1.165) is 0 Å². The van der Waals surface area contributed by atoms with Gasteiger partial charge in [0.25, 0.3) is 5.69 Å². The molecular weight excluding hydrogens is 281 g/mol. The minimum Gasteiger partial charge on any atom is -0.399 e. The summed E-state index contributed by atoms with van der Waals surface area (Å²) in [5.74, 6) is 0. The third kappa shape index (κ3) is 4.55. The van der Waals surface area contributed by atoms with Gasteiger partial charge in [0.2, 0.25) is 0 Å². The highest BCUT2D eigenvalue weighted by Crippen LogP contribution is 2.36. The van der Waals surface area contributed by atoms with Gasteiger partial charge in [-0.2, -0.15) is 0 Å². The van der Waals surface area contributed by atoms with Crippen molar-refractivity contribution >= 4 is 18.3 Å². The zero-order valence-electron chi connectivity index (χ0n) is 15.0. The van der Waals surface area contributed by atoms with Gasteiger partial charge in [0.1, 0.15) is 0 Å². The number of benzene rings is 1. The summed E-state index contributed by atoms with van der Waals surface area (Å²) in [5, 5.41) is 10.7. The second-order valence-electron chi connectivity index (χ2n) is 5.44. The highest BCUT2D eigenvalue weighted by atomic mass is 16.7. The maximum atomic E-state index is 10.7. The monoisotopic (exact) mass is 309 g/mol. The minimum absolute atomic E-state index is 0.0437. The molecule has 1 aromatic carbocycles. The van der Waals surface area contributed by atoms with Crippen LogP contribution in [0.5, 0.6) is 0 Å². The molecule has 1 heterocycles. The minimum atomic E-state index is -0.560. The first kappa shape index (κ1) is 20.6. The van der Waals surface area contributed by atoms with E-state index in [1.54, 1.807) is 12.1 Å². The number of nitrogens with zero attached hydrogens (tertiary/aromatic N) is 1. The molecule has 2 rings (SSSR count). The topological polar surface area (TPSA) is 61.6 Å². The lowest BCUT2D eigenvalue weighted by atomic mass is 9.79. The predicted molar refractivity (Wildman–Crippen MR) is 91.5 cm³/mol. The fourth-order valence-electron chi connectivity index (χ4n) is 1.76. The maximum Gasteiger partial charge on any atom is 0.495 e. The van der Waals surface area contributed by atoms with E-state index in [0.29, 0.717) is 5.46 Å². The predicted octanol–water partition coefficient (Wildman–Crippen LogP) is 3.95. The van der Waals surface area contributed by atoms with Crippen LogP contribution < -0.4 is 5.46 Å². The first-order valence-corrected chi connectivity index (χ1v) is 7.83. The Labute approximate surface area is 134 Å². The second-order valence-corrected chi connectivity index (χ2v) is 5.44. The average molecular weight is 309 g/mol. The largest absolute Gasteiger partial charge is 0.495 e. The summed E-state index contributed by atoms with van der Waals surface area (Å²) in [6.45, 7) is 15.8. The van der Waals surface area contributed by atoms with Crippen molar-refractivity contribution in [2.75, 3.05) is 0 Å². The SMILES string of the molecule is CC.CC.CC1(C)OB(c2cccc([N+](=O)[O-])c2)OC1(C)C. The van der Waals surface area contributed by atoms with Gasteiger partial charge in [-0.05, 0) is 33.2 Å². The second kappa shape index (κ2) is 8.29. The molecule has 0 aromatic heterocycles. The highest BCUT2D eigenvalue weighted by molar-refractivity contribution is 6.62. The van der Waals surface area contributed by atoms with Crippen molar-refractivity contribution in [2.45, 2.75) is 66.6 Å². The summed E-state index contributed by atoms with van der Waals surface area (Å²) >= 11 is 0. The Kier molecular flexibility index (Phi) is 7.77. The maximum absolute atomic E-state index is 10.7. The van der Waals surface area contributed by atoms with E-state index in [2.05, 4.69) is 0 Å². The molecule has 0 N–H and O–H groups in total. The van der Waals surface area contributed by atoms with Crippen LogP contribution in [0.2, 0.25) is 0 Å². The molecule has 0 radical (unpaired) electrons. The van der Waals surface area contributed by atoms with E-state index in [-0.39, 0.29) is 5.69 Å². The smallest absolute Gasteiger partial charge is 0.399 e. The number of rotatable bonds is 2. The van der Waals surface area contributed by atoms with Gasteiger partial charge in [0.15, 0.2) is 0 Å². The molecule has 1 aliphatic heterocycles. The number of nitro groups is 1. The van der Waals surface area contributed by atoms with Crippen LogP contribution in [0, 0.1) is 10.1 Å². The molecule has 1 fully saturated rings. The molecule has 1 aromatic rings. The van der Waals surface area contributed by atoms with Crippen molar-refractivity contribution in [1.82, 2.24) is 0 Å². The Morgan fingerprint density at radius 1 is 1.00 bits per heavy atom. The van der Waals surface area contributed by atoms with E-state index in [4.69, 9.17) is 9.31 Å². The van der Waals surface area contributed by atoms with Gasteiger partial charge in [-0.25, -0.2) is 0 Å². The molecule has 1 aliphatic rings. The normalized spacial score (nSPS) is 17.7. The van der Waals surface area contributed by atoms with E-state index in [1.807, 2.05) is 55.4 Å². The Morgan fingerprint density at radius 3 is 1.86 bits per heavy atom. The van der Waals surface area contributed by atoms with Crippen LogP contribution in [0.3, 0.4) is 0 Å². The standard InChI is InChI=1S/C12H16BNO4.2C2H6/c1-11(2)12(3,4)18-13(17-11)9-6-5-7-10(8-9)14(15)16;2*1-2/h5-8H,1-4H3;2*1-2H3. The summed E-state index contributed by atoms with van der Waals surface area (Å²) in [6.07, 6.45) is 0. The zero-order chi connectivity index (χ0) is 17.6. The Morgan fingerprint density at radius 2 is 1.45 bits per heavy atom. The molecule has 0 unspecified atom stereocenters. The zero-order valence-corrected chi connectivity index (χ0v) is 15.0. The molecule has 124 valence electrons. The Hall–Kier alpha value is -1.40. The van der Waals surface area contributed by atoms with E-state index in [9.17, 15) is 10.1 Å². The van der Waals surface area contributed by atoms with Crippen LogP contribution >= 0.6 is 0 Å². The molecule has 22 heavy (non-hydrogen) atoms. The molecule has 0 amide bonds. The molecule has 6 heteroatoms. The van der Waals surface area contributed by atoms with Gasteiger partial charge in [0.05, 0.1) is 16.1 Å². The summed E-state index contributed by atoms with van der Waals surface area (Å²) in [6, 6.07) is 6.35. The van der Waals surface area contributed by atoms with Gasteiger partial charge >= 0.3 is 7.12 Å². The quantitative estimate of drug-likeness (QED) is 0.471. The summed E-state index contributed by atoms with van der Waals surface area (Å²) in [7, 11) is -0.560. The van der Waals surface area contributed by atoms with Crippen molar-refractivity contribution in [3.63, 3.8) is 0 Å². The first-order valence-electron chi connectivity index (χ1n) is 7.83. The number of hydrogen-bond donors (Lipinski definition) is 0. The van der Waals surface area contributed by atoms with Crippen LogP contribution in [0.15, 0.2) is 24.3 Å². The number of nitro benzene ring substituents is 1. The molecule has 5 nitrogen and oxygen atoms in total. The molecule has 0 spiro atoms. The Balaban J connectivity index is 0.00000102.